The third-order valence-corrected chi connectivity index (χ3v) is 8.63. The van der Waals surface area contributed by atoms with E-state index in [9.17, 15) is 9.59 Å². The molecule has 4 unspecified atom stereocenters. The number of carbonyl (C=O) groups is 2. The van der Waals surface area contributed by atoms with Crippen LogP contribution >= 0.6 is 0 Å². The maximum absolute atomic E-state index is 13.3. The maximum Gasteiger partial charge on any atom is 0.250 e. The molecule has 1 saturated heterocycles. The van der Waals surface area contributed by atoms with Gasteiger partial charge in [0.15, 0.2) is 0 Å². The third-order valence-electron chi connectivity index (χ3n) is 8.63. The largest absolute Gasteiger partial charge is 0.496 e. The van der Waals surface area contributed by atoms with Crippen molar-refractivity contribution in [3.05, 3.63) is 29.8 Å². The Morgan fingerprint density at radius 3 is 2.62 bits per heavy atom. The molecule has 4 bridgehead atoms. The molecular formula is C25H35N3O4. The predicted octanol–water partition coefficient (Wildman–Crippen LogP) is 2.25. The molecule has 0 spiro atoms. The van der Waals surface area contributed by atoms with Crippen LogP contribution in [0.25, 0.3) is 0 Å². The monoisotopic (exact) mass is 441 g/mol. The highest BCUT2D eigenvalue weighted by molar-refractivity contribution is 5.83. The predicted molar refractivity (Wildman–Crippen MR) is 120 cm³/mol. The van der Waals surface area contributed by atoms with Crippen LogP contribution < -0.4 is 15.8 Å². The van der Waals surface area contributed by atoms with Gasteiger partial charge in [0.2, 0.25) is 5.91 Å². The lowest BCUT2D eigenvalue weighted by Crippen LogP contribution is -2.63. The second-order valence-corrected chi connectivity index (χ2v) is 10.4. The van der Waals surface area contributed by atoms with Crippen molar-refractivity contribution in [3.8, 4) is 5.75 Å². The number of hydrogen-bond donors (Lipinski definition) is 2. The van der Waals surface area contributed by atoms with Gasteiger partial charge in [0, 0.05) is 36.2 Å². The van der Waals surface area contributed by atoms with E-state index in [4.69, 9.17) is 15.2 Å². The number of nitrogens with two attached hydrogens (primary N) is 1. The van der Waals surface area contributed by atoms with Crippen LogP contribution in [-0.4, -0.2) is 55.7 Å². The third kappa shape index (κ3) is 3.69. The molecule has 4 aliphatic carbocycles. The molecule has 4 saturated carbocycles. The van der Waals surface area contributed by atoms with Gasteiger partial charge < -0.3 is 20.5 Å². The van der Waals surface area contributed by atoms with Gasteiger partial charge in [-0.3, -0.25) is 14.5 Å². The standard InChI is InChI=1S/C25H35N3O4/c1-15(19-5-3-4-6-20(19)31-2)28-7-8-32-21(14-28)23(29)27-22-17-9-16-10-18(22)13-25(11-16,12-17)24(26)30/h3-6,15-18,21-22H,7-14H2,1-2H3,(H2,26,30)(H,27,29). The van der Waals surface area contributed by atoms with Crippen molar-refractivity contribution in [2.75, 3.05) is 26.8 Å². The Kier molecular flexibility index (Phi) is 5.66. The quantitative estimate of drug-likeness (QED) is 0.706. The van der Waals surface area contributed by atoms with Crippen LogP contribution in [0.2, 0.25) is 0 Å². The number of methoxy groups -OCH3 is 1. The molecule has 1 aromatic carbocycles. The lowest BCUT2D eigenvalue weighted by atomic mass is 9.47. The number of para-hydroxylation sites is 1. The Labute approximate surface area is 190 Å². The molecule has 5 aliphatic rings. The van der Waals surface area contributed by atoms with Gasteiger partial charge in [0.1, 0.15) is 11.9 Å². The number of nitrogens with zero attached hydrogens (tertiary/aromatic N) is 1. The highest BCUT2D eigenvalue weighted by Crippen LogP contribution is 2.59. The minimum absolute atomic E-state index is 0.0208. The Balaban J connectivity index is 1.24. The smallest absolute Gasteiger partial charge is 0.250 e. The lowest BCUT2D eigenvalue weighted by molar-refractivity contribution is -0.151. The highest BCUT2D eigenvalue weighted by Gasteiger charge is 2.58. The Hall–Kier alpha value is -2.12. The van der Waals surface area contributed by atoms with Crippen molar-refractivity contribution < 1.29 is 19.1 Å². The number of primary amides is 1. The van der Waals surface area contributed by atoms with E-state index < -0.39 is 6.10 Å². The number of morpholine rings is 1. The molecule has 7 heteroatoms. The molecule has 1 aromatic rings. The van der Waals surface area contributed by atoms with Crippen LogP contribution in [0, 0.1) is 23.2 Å². The summed E-state index contributed by atoms with van der Waals surface area (Å²) < 4.78 is 11.4. The molecule has 1 heterocycles. The summed E-state index contributed by atoms with van der Waals surface area (Å²) in [5.74, 6) is 1.99. The normalized spacial score (nSPS) is 37.1. The molecule has 0 aromatic heterocycles. The molecule has 5 fully saturated rings. The van der Waals surface area contributed by atoms with Gasteiger partial charge in [-0.1, -0.05) is 18.2 Å². The Morgan fingerprint density at radius 1 is 1.22 bits per heavy atom. The van der Waals surface area contributed by atoms with Crippen LogP contribution in [0.1, 0.15) is 50.6 Å². The highest BCUT2D eigenvalue weighted by atomic mass is 16.5. The lowest BCUT2D eigenvalue weighted by Gasteiger charge is -2.59. The second kappa shape index (κ2) is 8.34. The van der Waals surface area contributed by atoms with Crippen molar-refractivity contribution in [1.82, 2.24) is 10.2 Å². The zero-order chi connectivity index (χ0) is 22.5. The van der Waals surface area contributed by atoms with Crippen molar-refractivity contribution >= 4 is 11.8 Å². The van der Waals surface area contributed by atoms with Gasteiger partial charge in [-0.15, -0.1) is 0 Å². The summed E-state index contributed by atoms with van der Waals surface area (Å²) in [4.78, 5) is 27.7. The molecule has 6 rings (SSSR count). The van der Waals surface area contributed by atoms with Gasteiger partial charge in [-0.05, 0) is 62.8 Å². The van der Waals surface area contributed by atoms with E-state index in [2.05, 4.69) is 23.2 Å². The molecule has 0 radical (unpaired) electrons. The van der Waals surface area contributed by atoms with Crippen molar-refractivity contribution in [2.45, 2.75) is 57.2 Å². The van der Waals surface area contributed by atoms with Crippen molar-refractivity contribution in [2.24, 2.45) is 28.9 Å². The minimum atomic E-state index is -0.483. The number of ether oxygens (including phenoxy) is 2. The van der Waals surface area contributed by atoms with Gasteiger partial charge >= 0.3 is 0 Å². The number of carbonyl (C=O) groups excluding carboxylic acids is 2. The first kappa shape index (κ1) is 21.7. The molecule has 7 nitrogen and oxygen atoms in total. The molecule has 174 valence electrons. The van der Waals surface area contributed by atoms with Crippen LogP contribution in [0.4, 0.5) is 0 Å². The first-order valence-electron chi connectivity index (χ1n) is 12.0. The molecule has 3 N–H and O–H groups in total. The van der Waals surface area contributed by atoms with E-state index in [1.54, 1.807) is 7.11 Å². The van der Waals surface area contributed by atoms with Crippen LogP contribution in [-0.2, 0) is 14.3 Å². The summed E-state index contributed by atoms with van der Waals surface area (Å²) in [5, 5.41) is 3.34. The number of hydrogen-bond acceptors (Lipinski definition) is 5. The zero-order valence-corrected chi connectivity index (χ0v) is 19.1. The van der Waals surface area contributed by atoms with E-state index in [1.165, 1.54) is 0 Å². The van der Waals surface area contributed by atoms with E-state index in [-0.39, 0.29) is 29.3 Å². The number of benzene rings is 1. The number of nitrogens with one attached hydrogen (secondary N) is 1. The van der Waals surface area contributed by atoms with Crippen molar-refractivity contribution in [3.63, 3.8) is 0 Å². The topological polar surface area (TPSA) is 93.9 Å². The second-order valence-electron chi connectivity index (χ2n) is 10.4. The van der Waals surface area contributed by atoms with Gasteiger partial charge in [0.05, 0.1) is 13.7 Å². The summed E-state index contributed by atoms with van der Waals surface area (Å²) >= 11 is 0. The molecular weight excluding hydrogens is 406 g/mol. The Morgan fingerprint density at radius 2 is 1.94 bits per heavy atom. The minimum Gasteiger partial charge on any atom is -0.496 e. The fourth-order valence-corrected chi connectivity index (χ4v) is 7.21. The molecule has 4 atom stereocenters. The summed E-state index contributed by atoms with van der Waals surface area (Å²) in [6.07, 6.45) is 4.30. The first-order chi connectivity index (χ1) is 15.4. The van der Waals surface area contributed by atoms with E-state index in [0.29, 0.717) is 30.9 Å². The van der Waals surface area contributed by atoms with Crippen LogP contribution in [0.5, 0.6) is 5.75 Å². The average Bonchev–Trinajstić information content (AvgIpc) is 2.80. The number of amides is 2. The zero-order valence-electron chi connectivity index (χ0n) is 19.1. The fraction of sp³-hybridized carbons (Fsp3) is 0.680. The molecule has 1 aliphatic heterocycles. The van der Waals surface area contributed by atoms with E-state index in [1.807, 2.05) is 18.2 Å². The first-order valence-corrected chi connectivity index (χ1v) is 12.0. The van der Waals surface area contributed by atoms with Crippen molar-refractivity contribution in [1.29, 1.82) is 0 Å². The van der Waals surface area contributed by atoms with Crippen LogP contribution in [0.3, 0.4) is 0 Å². The Bertz CT molecular complexity index is 874. The summed E-state index contributed by atoms with van der Waals surface area (Å²) in [7, 11) is 1.69. The van der Waals surface area contributed by atoms with E-state index >= 15 is 0 Å². The van der Waals surface area contributed by atoms with Gasteiger partial charge in [0.25, 0.3) is 5.91 Å². The molecule has 2 amide bonds. The fourth-order valence-electron chi connectivity index (χ4n) is 7.21. The van der Waals surface area contributed by atoms with Gasteiger partial charge in [-0.2, -0.15) is 0 Å². The van der Waals surface area contributed by atoms with E-state index in [0.717, 1.165) is 50.0 Å². The maximum atomic E-state index is 13.3. The van der Waals surface area contributed by atoms with Crippen LogP contribution in [0.15, 0.2) is 24.3 Å². The molecule has 32 heavy (non-hydrogen) atoms. The SMILES string of the molecule is COc1ccccc1C(C)N1CCOC(C(=O)NC2C3CC4CC2CC(C(N)=O)(C4)C3)C1. The summed E-state index contributed by atoms with van der Waals surface area (Å²) in [5.41, 5.74) is 6.59. The summed E-state index contributed by atoms with van der Waals surface area (Å²) in [6, 6.07) is 8.31. The summed E-state index contributed by atoms with van der Waals surface area (Å²) in [6.45, 7) is 4.02. The van der Waals surface area contributed by atoms with Gasteiger partial charge in [-0.25, -0.2) is 0 Å². The number of rotatable bonds is 6. The average molecular weight is 442 g/mol.